The Bertz CT molecular complexity index is 615. The van der Waals surface area contributed by atoms with Crippen LogP contribution in [0.1, 0.15) is 24.2 Å². The van der Waals surface area contributed by atoms with Crippen LogP contribution in [0.25, 0.3) is 11.0 Å². The van der Waals surface area contributed by atoms with Gasteiger partial charge >= 0.3 is 5.97 Å². The van der Waals surface area contributed by atoms with E-state index >= 15 is 0 Å². The van der Waals surface area contributed by atoms with Crippen LogP contribution < -0.4 is 5.32 Å². The fourth-order valence-electron chi connectivity index (χ4n) is 1.89. The number of carboxylic acid groups (broad SMARTS) is 1. The predicted molar refractivity (Wildman–Crippen MR) is 69.9 cm³/mol. The Morgan fingerprint density at radius 2 is 1.95 bits per heavy atom. The van der Waals surface area contributed by atoms with Gasteiger partial charge in [0.25, 0.3) is 5.91 Å². The first-order valence-corrected chi connectivity index (χ1v) is 6.00. The van der Waals surface area contributed by atoms with E-state index in [0.29, 0.717) is 16.5 Å². The van der Waals surface area contributed by atoms with Crippen molar-refractivity contribution in [1.29, 1.82) is 0 Å². The first-order valence-electron chi connectivity index (χ1n) is 6.00. The molecule has 5 nitrogen and oxygen atoms in total. The SMILES string of the molecule is CC(C)[C@H](NC(=O)c1coc2ccccc12)C(=O)O. The highest BCUT2D eigenvalue weighted by molar-refractivity contribution is 6.06. The van der Waals surface area contributed by atoms with E-state index in [1.54, 1.807) is 32.0 Å². The normalized spacial score (nSPS) is 12.6. The van der Waals surface area contributed by atoms with Gasteiger partial charge in [0.1, 0.15) is 17.9 Å². The average Bonchev–Trinajstić information content (AvgIpc) is 2.78. The summed E-state index contributed by atoms with van der Waals surface area (Å²) in [7, 11) is 0. The average molecular weight is 261 g/mol. The number of nitrogens with one attached hydrogen (secondary N) is 1. The number of carbonyl (C=O) groups is 2. The van der Waals surface area contributed by atoms with Crippen LogP contribution in [0.2, 0.25) is 0 Å². The molecule has 2 aromatic rings. The summed E-state index contributed by atoms with van der Waals surface area (Å²) in [5, 5.41) is 12.3. The van der Waals surface area contributed by atoms with E-state index in [0.717, 1.165) is 0 Å². The summed E-state index contributed by atoms with van der Waals surface area (Å²) < 4.78 is 5.26. The van der Waals surface area contributed by atoms with Crippen molar-refractivity contribution in [3.8, 4) is 0 Å². The van der Waals surface area contributed by atoms with Crippen LogP contribution in [-0.4, -0.2) is 23.0 Å². The third kappa shape index (κ3) is 2.59. The van der Waals surface area contributed by atoms with Crippen molar-refractivity contribution < 1.29 is 19.1 Å². The van der Waals surface area contributed by atoms with Crippen molar-refractivity contribution in [3.63, 3.8) is 0 Å². The minimum atomic E-state index is -1.05. The van der Waals surface area contributed by atoms with Crippen molar-refractivity contribution in [1.82, 2.24) is 5.32 Å². The molecule has 1 amide bonds. The number of amides is 1. The van der Waals surface area contributed by atoms with E-state index in [4.69, 9.17) is 9.52 Å². The molecule has 0 saturated carbocycles. The maximum absolute atomic E-state index is 12.1. The lowest BCUT2D eigenvalue weighted by molar-refractivity contribution is -0.140. The van der Waals surface area contributed by atoms with Gasteiger partial charge in [0.05, 0.1) is 5.56 Å². The molecule has 2 N–H and O–H groups in total. The van der Waals surface area contributed by atoms with E-state index in [2.05, 4.69) is 5.32 Å². The maximum atomic E-state index is 12.1. The molecule has 19 heavy (non-hydrogen) atoms. The summed E-state index contributed by atoms with van der Waals surface area (Å²) in [5.41, 5.74) is 0.951. The molecule has 1 atom stereocenters. The maximum Gasteiger partial charge on any atom is 0.326 e. The monoisotopic (exact) mass is 261 g/mol. The van der Waals surface area contributed by atoms with Crippen LogP contribution in [0, 0.1) is 5.92 Å². The molecule has 0 radical (unpaired) electrons. The standard InChI is InChI=1S/C14H15NO4/c1-8(2)12(14(17)18)15-13(16)10-7-19-11-6-4-3-5-9(10)11/h3-8,12H,1-2H3,(H,15,16)(H,17,18)/t12-/m0/s1. The number of hydrogen-bond acceptors (Lipinski definition) is 3. The zero-order valence-electron chi connectivity index (χ0n) is 10.7. The summed E-state index contributed by atoms with van der Waals surface area (Å²) in [5.74, 6) is -1.68. The number of carbonyl (C=O) groups excluding carboxylic acids is 1. The molecule has 0 fully saturated rings. The highest BCUT2D eigenvalue weighted by Crippen LogP contribution is 2.20. The Balaban J connectivity index is 2.27. The third-order valence-corrected chi connectivity index (χ3v) is 2.94. The Hall–Kier alpha value is -2.30. The highest BCUT2D eigenvalue weighted by atomic mass is 16.4. The summed E-state index contributed by atoms with van der Waals surface area (Å²) in [6.45, 7) is 3.49. The van der Waals surface area contributed by atoms with E-state index in [9.17, 15) is 9.59 Å². The van der Waals surface area contributed by atoms with Crippen molar-refractivity contribution in [2.45, 2.75) is 19.9 Å². The van der Waals surface area contributed by atoms with Crippen LogP contribution in [0.15, 0.2) is 34.9 Å². The summed E-state index contributed by atoms with van der Waals surface area (Å²) in [4.78, 5) is 23.2. The molecule has 1 aromatic carbocycles. The molecule has 5 heteroatoms. The van der Waals surface area contributed by atoms with E-state index in [1.807, 2.05) is 6.07 Å². The zero-order valence-corrected chi connectivity index (χ0v) is 10.7. The number of carboxylic acids is 1. The van der Waals surface area contributed by atoms with Gasteiger partial charge in [-0.2, -0.15) is 0 Å². The second-order valence-corrected chi connectivity index (χ2v) is 4.68. The summed E-state index contributed by atoms with van der Waals surface area (Å²) >= 11 is 0. The molecule has 0 unspecified atom stereocenters. The summed E-state index contributed by atoms with van der Waals surface area (Å²) in [6.07, 6.45) is 1.35. The molecular weight excluding hydrogens is 246 g/mol. The highest BCUT2D eigenvalue weighted by Gasteiger charge is 2.25. The minimum absolute atomic E-state index is 0.195. The van der Waals surface area contributed by atoms with Crippen molar-refractivity contribution in [2.75, 3.05) is 0 Å². The minimum Gasteiger partial charge on any atom is -0.480 e. The van der Waals surface area contributed by atoms with Gasteiger partial charge in [-0.3, -0.25) is 4.79 Å². The van der Waals surface area contributed by atoms with Crippen molar-refractivity contribution >= 4 is 22.8 Å². The molecular formula is C14H15NO4. The molecule has 0 bridgehead atoms. The lowest BCUT2D eigenvalue weighted by atomic mass is 10.0. The third-order valence-electron chi connectivity index (χ3n) is 2.94. The molecule has 0 aliphatic heterocycles. The molecule has 1 heterocycles. The predicted octanol–water partition coefficient (Wildman–Crippen LogP) is 2.27. The lowest BCUT2D eigenvalue weighted by Crippen LogP contribution is -2.44. The number of aliphatic carboxylic acids is 1. The van der Waals surface area contributed by atoms with Gasteiger partial charge in [0, 0.05) is 5.39 Å². The van der Waals surface area contributed by atoms with Gasteiger partial charge < -0.3 is 14.8 Å². The van der Waals surface area contributed by atoms with Gasteiger partial charge in [-0.15, -0.1) is 0 Å². The fourth-order valence-corrected chi connectivity index (χ4v) is 1.89. The number of fused-ring (bicyclic) bond motifs is 1. The molecule has 1 aromatic heterocycles. The number of para-hydroxylation sites is 1. The number of furan rings is 1. The Kier molecular flexibility index (Phi) is 3.55. The lowest BCUT2D eigenvalue weighted by Gasteiger charge is -2.17. The smallest absolute Gasteiger partial charge is 0.326 e. The van der Waals surface area contributed by atoms with Crippen LogP contribution >= 0.6 is 0 Å². The topological polar surface area (TPSA) is 79.5 Å². The van der Waals surface area contributed by atoms with Crippen LogP contribution in [0.5, 0.6) is 0 Å². The quantitative estimate of drug-likeness (QED) is 0.884. The fraction of sp³-hybridized carbons (Fsp3) is 0.286. The van der Waals surface area contributed by atoms with Crippen LogP contribution in [0.4, 0.5) is 0 Å². The Morgan fingerprint density at radius 1 is 1.26 bits per heavy atom. The van der Waals surface area contributed by atoms with Gasteiger partial charge in [0.2, 0.25) is 0 Å². The first kappa shape index (κ1) is 13.1. The molecule has 100 valence electrons. The van der Waals surface area contributed by atoms with E-state index < -0.39 is 17.9 Å². The Labute approximate surface area is 110 Å². The van der Waals surface area contributed by atoms with Crippen LogP contribution in [-0.2, 0) is 4.79 Å². The second kappa shape index (κ2) is 5.14. The van der Waals surface area contributed by atoms with Crippen LogP contribution in [0.3, 0.4) is 0 Å². The van der Waals surface area contributed by atoms with E-state index in [-0.39, 0.29) is 5.92 Å². The Morgan fingerprint density at radius 3 is 2.58 bits per heavy atom. The van der Waals surface area contributed by atoms with Gasteiger partial charge in [-0.25, -0.2) is 4.79 Å². The largest absolute Gasteiger partial charge is 0.480 e. The number of hydrogen-bond donors (Lipinski definition) is 2. The number of rotatable bonds is 4. The van der Waals surface area contributed by atoms with Gasteiger partial charge in [-0.05, 0) is 12.0 Å². The number of benzene rings is 1. The molecule has 2 rings (SSSR count). The zero-order chi connectivity index (χ0) is 14.0. The van der Waals surface area contributed by atoms with Crippen molar-refractivity contribution in [2.24, 2.45) is 5.92 Å². The molecule has 0 saturated heterocycles. The molecule has 0 aliphatic carbocycles. The molecule has 0 spiro atoms. The molecule has 0 aliphatic rings. The summed E-state index contributed by atoms with van der Waals surface area (Å²) in [6, 6.07) is 6.21. The second-order valence-electron chi connectivity index (χ2n) is 4.68. The van der Waals surface area contributed by atoms with Gasteiger partial charge in [-0.1, -0.05) is 32.0 Å². The van der Waals surface area contributed by atoms with Crippen molar-refractivity contribution in [3.05, 3.63) is 36.1 Å². The first-order chi connectivity index (χ1) is 9.00. The van der Waals surface area contributed by atoms with Gasteiger partial charge in [0.15, 0.2) is 0 Å². The van der Waals surface area contributed by atoms with E-state index in [1.165, 1.54) is 6.26 Å².